The van der Waals surface area contributed by atoms with E-state index in [1.165, 1.54) is 34.9 Å². The van der Waals surface area contributed by atoms with Crippen LogP contribution in [-0.2, 0) is 24.3 Å². The van der Waals surface area contributed by atoms with Gasteiger partial charge < -0.3 is 10.4 Å². The Kier molecular flexibility index (Phi) is 6.68. The fourth-order valence-electron chi connectivity index (χ4n) is 3.10. The second-order valence-electron chi connectivity index (χ2n) is 6.78. The number of benzene rings is 2. The van der Waals surface area contributed by atoms with E-state index in [1.54, 1.807) is 25.1 Å². The molecular weight excluding hydrogens is 392 g/mol. The molecule has 0 bridgehead atoms. The lowest BCUT2D eigenvalue weighted by molar-refractivity contribution is -0.121. The van der Waals surface area contributed by atoms with Crippen molar-refractivity contribution < 1.29 is 18.7 Å². The highest BCUT2D eigenvalue weighted by atomic mass is 19.1. The Morgan fingerprint density at radius 3 is 2.53 bits per heavy atom. The first-order valence-corrected chi connectivity index (χ1v) is 9.37. The number of hydrogen-bond acceptors (Lipinski definition) is 4. The number of carbonyl (C=O) groups excluding carboxylic acids is 1. The summed E-state index contributed by atoms with van der Waals surface area (Å²) in [6.07, 6.45) is 0.0955. The van der Waals surface area contributed by atoms with Crippen LogP contribution in [0, 0.1) is 18.6 Å². The topological polar surface area (TPSA) is 84.2 Å². The summed E-state index contributed by atoms with van der Waals surface area (Å²) in [5.41, 5.74) is 1.30. The van der Waals surface area contributed by atoms with Crippen molar-refractivity contribution in [3.8, 4) is 11.4 Å². The molecule has 156 valence electrons. The molecule has 0 aliphatic heterocycles. The lowest BCUT2D eigenvalue weighted by Crippen LogP contribution is -2.35. The number of aryl methyl sites for hydroxylation is 1. The molecule has 0 fully saturated rings. The first-order valence-electron chi connectivity index (χ1n) is 9.37. The maximum atomic E-state index is 13.7. The van der Waals surface area contributed by atoms with Crippen LogP contribution in [0.2, 0.25) is 0 Å². The van der Waals surface area contributed by atoms with E-state index in [-0.39, 0.29) is 37.8 Å². The molecule has 6 nitrogen and oxygen atoms in total. The van der Waals surface area contributed by atoms with Gasteiger partial charge in [0, 0.05) is 36.4 Å². The van der Waals surface area contributed by atoms with Gasteiger partial charge in [0.15, 0.2) is 0 Å². The van der Waals surface area contributed by atoms with Crippen molar-refractivity contribution in [3.05, 3.63) is 87.3 Å². The Hall–Kier alpha value is -3.39. The molecule has 0 saturated heterocycles. The van der Waals surface area contributed by atoms with Crippen LogP contribution in [-0.4, -0.2) is 27.2 Å². The maximum absolute atomic E-state index is 13.7. The average Bonchev–Trinajstić information content (AvgIpc) is 2.72. The van der Waals surface area contributed by atoms with Crippen LogP contribution in [0.1, 0.15) is 16.8 Å². The Bertz CT molecular complexity index is 1110. The van der Waals surface area contributed by atoms with Crippen LogP contribution in [0.15, 0.2) is 53.3 Å². The van der Waals surface area contributed by atoms with Gasteiger partial charge >= 0.3 is 0 Å². The van der Waals surface area contributed by atoms with E-state index in [9.17, 15) is 23.5 Å². The first-order chi connectivity index (χ1) is 14.4. The molecule has 2 N–H and O–H groups in total. The number of halogens is 2. The van der Waals surface area contributed by atoms with Gasteiger partial charge in [-0.05, 0) is 36.8 Å². The molecule has 3 aromatic rings. The third-order valence-electron chi connectivity index (χ3n) is 4.62. The molecule has 1 aromatic heterocycles. The molecule has 3 rings (SSSR count). The van der Waals surface area contributed by atoms with E-state index in [0.29, 0.717) is 22.4 Å². The molecule has 8 heteroatoms. The molecule has 0 aliphatic carbocycles. The van der Waals surface area contributed by atoms with Crippen molar-refractivity contribution in [2.45, 2.75) is 26.4 Å². The van der Waals surface area contributed by atoms with Gasteiger partial charge in [-0.2, -0.15) is 0 Å². The van der Waals surface area contributed by atoms with Gasteiger partial charge in [-0.3, -0.25) is 14.2 Å². The molecule has 0 saturated carbocycles. The van der Waals surface area contributed by atoms with Crippen molar-refractivity contribution in [2.24, 2.45) is 0 Å². The smallest absolute Gasteiger partial charge is 0.257 e. The summed E-state index contributed by atoms with van der Waals surface area (Å²) in [6.45, 7) is 1.21. The quantitative estimate of drug-likeness (QED) is 0.623. The van der Waals surface area contributed by atoms with Gasteiger partial charge in [0.05, 0.1) is 0 Å². The molecule has 0 atom stereocenters. The van der Waals surface area contributed by atoms with E-state index < -0.39 is 17.3 Å². The summed E-state index contributed by atoms with van der Waals surface area (Å²) >= 11 is 0. The molecule has 2 aromatic carbocycles. The average molecular weight is 413 g/mol. The first kappa shape index (κ1) is 21.3. The van der Waals surface area contributed by atoms with Gasteiger partial charge in [-0.25, -0.2) is 13.8 Å². The summed E-state index contributed by atoms with van der Waals surface area (Å²) < 4.78 is 27.9. The number of carbonyl (C=O) groups is 1. The summed E-state index contributed by atoms with van der Waals surface area (Å²) in [4.78, 5) is 29.9. The van der Waals surface area contributed by atoms with Crippen LogP contribution in [0.4, 0.5) is 8.78 Å². The van der Waals surface area contributed by atoms with Crippen LogP contribution < -0.4 is 10.9 Å². The van der Waals surface area contributed by atoms with Crippen LogP contribution in [0.25, 0.3) is 11.4 Å². The predicted molar refractivity (Wildman–Crippen MR) is 108 cm³/mol. The maximum Gasteiger partial charge on any atom is 0.257 e. The fourth-order valence-corrected chi connectivity index (χ4v) is 3.10. The highest BCUT2D eigenvalue weighted by molar-refractivity contribution is 5.76. The van der Waals surface area contributed by atoms with E-state index in [4.69, 9.17) is 0 Å². The number of nitrogens with zero attached hydrogens (tertiary/aromatic N) is 2. The van der Waals surface area contributed by atoms with Crippen molar-refractivity contribution in [3.63, 3.8) is 0 Å². The van der Waals surface area contributed by atoms with E-state index in [2.05, 4.69) is 10.3 Å². The number of aliphatic hydroxyl groups excluding tert-OH is 1. The molecule has 0 aliphatic rings. The van der Waals surface area contributed by atoms with Crippen LogP contribution in [0.5, 0.6) is 0 Å². The highest BCUT2D eigenvalue weighted by Crippen LogP contribution is 2.18. The standard InChI is InChI=1S/C22H21F2N3O3/c1-14-19(9-10-28)22(30)27(21(26-14)16-3-2-4-18(24)11-16)13-20(29)25-12-15-5-7-17(23)8-6-15/h2-8,11,28H,9-10,12-13H2,1H3,(H,25,29). The highest BCUT2D eigenvalue weighted by Gasteiger charge is 2.18. The predicted octanol–water partition coefficient (Wildman–Crippen LogP) is 2.35. The zero-order valence-corrected chi connectivity index (χ0v) is 16.4. The molecule has 1 heterocycles. The molecule has 30 heavy (non-hydrogen) atoms. The van der Waals surface area contributed by atoms with Crippen molar-refractivity contribution in [2.75, 3.05) is 6.61 Å². The van der Waals surface area contributed by atoms with E-state index in [0.717, 1.165) is 0 Å². The van der Waals surface area contributed by atoms with E-state index in [1.807, 2.05) is 0 Å². The van der Waals surface area contributed by atoms with Crippen LogP contribution >= 0.6 is 0 Å². The number of aromatic nitrogens is 2. The molecule has 0 radical (unpaired) electrons. The van der Waals surface area contributed by atoms with Crippen LogP contribution in [0.3, 0.4) is 0 Å². The van der Waals surface area contributed by atoms with Gasteiger partial charge in [0.2, 0.25) is 5.91 Å². The molecule has 1 amide bonds. The summed E-state index contributed by atoms with van der Waals surface area (Å²) in [5, 5.41) is 11.9. The number of nitrogens with one attached hydrogen (secondary N) is 1. The van der Waals surface area contributed by atoms with E-state index >= 15 is 0 Å². The van der Waals surface area contributed by atoms with Crippen molar-refractivity contribution >= 4 is 5.91 Å². The van der Waals surface area contributed by atoms with Crippen molar-refractivity contribution in [1.29, 1.82) is 0 Å². The third kappa shape index (κ3) is 4.96. The lowest BCUT2D eigenvalue weighted by Gasteiger charge is -2.16. The zero-order valence-electron chi connectivity index (χ0n) is 16.4. The van der Waals surface area contributed by atoms with Gasteiger partial charge in [0.1, 0.15) is 24.0 Å². The Morgan fingerprint density at radius 2 is 1.87 bits per heavy atom. The summed E-state index contributed by atoms with van der Waals surface area (Å²) in [7, 11) is 0. The largest absolute Gasteiger partial charge is 0.396 e. The normalized spacial score (nSPS) is 10.8. The number of hydrogen-bond donors (Lipinski definition) is 2. The minimum atomic E-state index is -0.494. The lowest BCUT2D eigenvalue weighted by atomic mass is 10.1. The molecule has 0 unspecified atom stereocenters. The Balaban J connectivity index is 1.92. The minimum absolute atomic E-state index is 0.0955. The number of aliphatic hydroxyl groups is 1. The monoisotopic (exact) mass is 413 g/mol. The number of rotatable bonds is 7. The third-order valence-corrected chi connectivity index (χ3v) is 4.62. The number of amides is 1. The summed E-state index contributed by atoms with van der Waals surface area (Å²) in [5.74, 6) is -1.17. The Morgan fingerprint density at radius 1 is 1.13 bits per heavy atom. The minimum Gasteiger partial charge on any atom is -0.396 e. The van der Waals surface area contributed by atoms with Gasteiger partial charge in [-0.1, -0.05) is 24.3 Å². The zero-order chi connectivity index (χ0) is 21.7. The molecule has 0 spiro atoms. The second kappa shape index (κ2) is 9.41. The van der Waals surface area contributed by atoms with Gasteiger partial charge in [-0.15, -0.1) is 0 Å². The van der Waals surface area contributed by atoms with Gasteiger partial charge in [0.25, 0.3) is 5.56 Å². The Labute approximate surface area is 171 Å². The SMILES string of the molecule is Cc1nc(-c2cccc(F)c2)n(CC(=O)NCc2ccc(F)cc2)c(=O)c1CCO. The fraction of sp³-hybridized carbons (Fsp3) is 0.227. The summed E-state index contributed by atoms with van der Waals surface area (Å²) in [6, 6.07) is 11.3. The molecular formula is C22H21F2N3O3. The second-order valence-corrected chi connectivity index (χ2v) is 6.78. The van der Waals surface area contributed by atoms with Crippen molar-refractivity contribution in [1.82, 2.24) is 14.9 Å².